The van der Waals surface area contributed by atoms with Crippen LogP contribution in [0.3, 0.4) is 0 Å². The molecule has 122 valence electrons. The fourth-order valence-corrected chi connectivity index (χ4v) is 3.71. The van der Waals surface area contributed by atoms with Crippen molar-refractivity contribution in [2.75, 3.05) is 10.5 Å². The molecule has 0 spiro atoms. The van der Waals surface area contributed by atoms with Crippen LogP contribution in [-0.2, 0) is 22.0 Å². The number of hydrogen-bond acceptors (Lipinski definition) is 3. The van der Waals surface area contributed by atoms with E-state index in [1.807, 2.05) is 19.1 Å². The van der Waals surface area contributed by atoms with Gasteiger partial charge in [0.05, 0.1) is 22.5 Å². The minimum atomic E-state index is -3.28. The van der Waals surface area contributed by atoms with E-state index in [0.29, 0.717) is 12.1 Å². The van der Waals surface area contributed by atoms with Crippen molar-refractivity contribution in [2.24, 2.45) is 0 Å². The molecule has 0 saturated carbocycles. The molecule has 0 unspecified atom stereocenters. The molecule has 0 bridgehead atoms. The molecule has 0 aliphatic carbocycles. The minimum absolute atomic E-state index is 0.0586. The predicted molar refractivity (Wildman–Crippen MR) is 91.8 cm³/mol. The van der Waals surface area contributed by atoms with Crippen LogP contribution in [0.4, 0.5) is 5.69 Å². The van der Waals surface area contributed by atoms with Gasteiger partial charge in [0.1, 0.15) is 5.82 Å². The number of benzene rings is 1. The molecule has 0 saturated heterocycles. The summed E-state index contributed by atoms with van der Waals surface area (Å²) in [6.07, 6.45) is 0.593. The van der Waals surface area contributed by atoms with Crippen LogP contribution >= 0.6 is 0 Å². The molecule has 5 nitrogen and oxygen atoms in total. The van der Waals surface area contributed by atoms with Gasteiger partial charge >= 0.3 is 0 Å². The lowest BCUT2D eigenvalue weighted by Crippen LogP contribution is -2.18. The first-order valence-electron chi connectivity index (χ1n) is 7.69. The quantitative estimate of drug-likeness (QED) is 0.916. The Hall–Kier alpha value is -1.56. The van der Waals surface area contributed by atoms with Crippen molar-refractivity contribution in [3.8, 4) is 0 Å². The van der Waals surface area contributed by atoms with Gasteiger partial charge in [-0.3, -0.25) is 4.72 Å². The zero-order valence-corrected chi connectivity index (χ0v) is 14.8. The highest BCUT2D eigenvalue weighted by Gasteiger charge is 2.22. The number of sulfonamides is 1. The molecule has 2 rings (SSSR count). The molecular weight excluding hydrogens is 298 g/mol. The monoisotopic (exact) mass is 323 g/mol. The Morgan fingerprint density at radius 1 is 1.23 bits per heavy atom. The van der Waals surface area contributed by atoms with Crippen molar-refractivity contribution in [3.63, 3.8) is 0 Å². The molecular formula is C16H25N3O2S. The first-order valence-corrected chi connectivity index (χ1v) is 9.34. The summed E-state index contributed by atoms with van der Waals surface area (Å²) >= 11 is 0. The van der Waals surface area contributed by atoms with Crippen LogP contribution in [0.1, 0.15) is 46.9 Å². The number of imidazole rings is 1. The standard InChI is InChI=1S/C16H25N3O2S/c1-6-10-22(20,21)18-12-8-9-14-13(11-12)17-15(16(3,4)5)19(14)7-2/h8-9,11,18H,6-7,10H2,1-5H3. The van der Waals surface area contributed by atoms with E-state index in [1.54, 1.807) is 6.07 Å². The summed E-state index contributed by atoms with van der Waals surface area (Å²) in [5.41, 5.74) is 2.37. The molecule has 0 atom stereocenters. The largest absolute Gasteiger partial charge is 0.328 e. The SMILES string of the molecule is CCCS(=O)(=O)Nc1ccc2c(c1)nc(C(C)(C)C)n2CC. The van der Waals surface area contributed by atoms with E-state index in [-0.39, 0.29) is 11.2 Å². The third-order valence-corrected chi connectivity index (χ3v) is 4.97. The number of anilines is 1. The highest BCUT2D eigenvalue weighted by atomic mass is 32.2. The second kappa shape index (κ2) is 5.91. The number of aryl methyl sites for hydroxylation is 1. The molecule has 0 aliphatic heterocycles. The molecule has 1 heterocycles. The fraction of sp³-hybridized carbons (Fsp3) is 0.562. The van der Waals surface area contributed by atoms with Gasteiger partial charge in [0.15, 0.2) is 0 Å². The Morgan fingerprint density at radius 3 is 2.45 bits per heavy atom. The molecule has 22 heavy (non-hydrogen) atoms. The Morgan fingerprint density at radius 2 is 1.91 bits per heavy atom. The summed E-state index contributed by atoms with van der Waals surface area (Å²) in [5.74, 6) is 1.14. The maximum Gasteiger partial charge on any atom is 0.232 e. The van der Waals surface area contributed by atoms with Gasteiger partial charge in [-0.05, 0) is 31.5 Å². The number of rotatable bonds is 5. The van der Waals surface area contributed by atoms with Gasteiger partial charge in [0.25, 0.3) is 0 Å². The lowest BCUT2D eigenvalue weighted by atomic mass is 9.96. The van der Waals surface area contributed by atoms with Crippen LogP contribution in [0.25, 0.3) is 11.0 Å². The van der Waals surface area contributed by atoms with Gasteiger partial charge < -0.3 is 4.57 Å². The Bertz CT molecular complexity index is 771. The number of fused-ring (bicyclic) bond motifs is 1. The molecule has 0 radical (unpaired) electrons. The minimum Gasteiger partial charge on any atom is -0.328 e. The number of hydrogen-bond donors (Lipinski definition) is 1. The van der Waals surface area contributed by atoms with Crippen molar-refractivity contribution >= 4 is 26.7 Å². The molecule has 0 aliphatic rings. The van der Waals surface area contributed by atoms with Crippen LogP contribution in [0.2, 0.25) is 0 Å². The smallest absolute Gasteiger partial charge is 0.232 e. The third kappa shape index (κ3) is 3.43. The number of aromatic nitrogens is 2. The number of nitrogens with one attached hydrogen (secondary N) is 1. The van der Waals surface area contributed by atoms with Gasteiger partial charge in [-0.2, -0.15) is 0 Å². The molecule has 1 N–H and O–H groups in total. The first-order chi connectivity index (χ1) is 10.2. The lowest BCUT2D eigenvalue weighted by Gasteiger charge is -2.19. The number of nitrogens with zero attached hydrogens (tertiary/aromatic N) is 2. The van der Waals surface area contributed by atoms with Crippen molar-refractivity contribution in [1.29, 1.82) is 0 Å². The predicted octanol–water partition coefficient (Wildman–Crippen LogP) is 3.51. The maximum atomic E-state index is 11.9. The van der Waals surface area contributed by atoms with Crippen LogP contribution in [0, 0.1) is 0 Å². The first kappa shape index (κ1) is 16.8. The molecule has 6 heteroatoms. The Balaban J connectivity index is 2.48. The van der Waals surface area contributed by atoms with E-state index in [2.05, 4.69) is 37.0 Å². The summed E-state index contributed by atoms with van der Waals surface area (Å²) in [4.78, 5) is 4.72. The van der Waals surface area contributed by atoms with E-state index < -0.39 is 10.0 Å². The lowest BCUT2D eigenvalue weighted by molar-refractivity contribution is 0.512. The molecule has 0 amide bonds. The van der Waals surface area contributed by atoms with Crippen molar-refractivity contribution in [3.05, 3.63) is 24.0 Å². The summed E-state index contributed by atoms with van der Waals surface area (Å²) in [5, 5.41) is 0. The highest BCUT2D eigenvalue weighted by molar-refractivity contribution is 7.92. The van der Waals surface area contributed by atoms with Crippen molar-refractivity contribution < 1.29 is 8.42 Å². The molecule has 0 fully saturated rings. The van der Waals surface area contributed by atoms with Gasteiger partial charge in [0.2, 0.25) is 10.0 Å². The van der Waals surface area contributed by atoms with E-state index >= 15 is 0 Å². The molecule has 1 aromatic heterocycles. The van der Waals surface area contributed by atoms with Gasteiger partial charge in [-0.15, -0.1) is 0 Å². The second-order valence-electron chi connectivity index (χ2n) is 6.55. The normalized spacial score (nSPS) is 12.8. The molecule has 1 aromatic carbocycles. The van der Waals surface area contributed by atoms with E-state index in [9.17, 15) is 8.42 Å². The average molecular weight is 323 g/mol. The Kier molecular flexibility index (Phi) is 4.52. The van der Waals surface area contributed by atoms with Crippen LogP contribution < -0.4 is 4.72 Å². The van der Waals surface area contributed by atoms with E-state index in [1.165, 1.54) is 0 Å². The maximum absolute atomic E-state index is 11.9. The van der Waals surface area contributed by atoms with Crippen molar-refractivity contribution in [2.45, 2.75) is 53.0 Å². The summed E-state index contributed by atoms with van der Waals surface area (Å²) in [6, 6.07) is 5.55. The third-order valence-electron chi connectivity index (χ3n) is 3.48. The summed E-state index contributed by atoms with van der Waals surface area (Å²) in [6.45, 7) is 11.2. The van der Waals surface area contributed by atoms with Crippen LogP contribution in [0.15, 0.2) is 18.2 Å². The van der Waals surface area contributed by atoms with Gasteiger partial charge in [0, 0.05) is 12.0 Å². The van der Waals surface area contributed by atoms with Gasteiger partial charge in [-0.25, -0.2) is 13.4 Å². The van der Waals surface area contributed by atoms with Crippen LogP contribution in [0.5, 0.6) is 0 Å². The zero-order chi connectivity index (χ0) is 16.5. The molecule has 2 aromatic rings. The topological polar surface area (TPSA) is 64.0 Å². The van der Waals surface area contributed by atoms with Crippen molar-refractivity contribution in [1.82, 2.24) is 9.55 Å². The Labute approximate surface area is 132 Å². The van der Waals surface area contributed by atoms with E-state index in [4.69, 9.17) is 4.98 Å². The second-order valence-corrected chi connectivity index (χ2v) is 8.40. The average Bonchev–Trinajstić information content (AvgIpc) is 2.75. The summed E-state index contributed by atoms with van der Waals surface area (Å²) in [7, 11) is -3.28. The summed E-state index contributed by atoms with van der Waals surface area (Å²) < 4.78 is 28.6. The fourth-order valence-electron chi connectivity index (χ4n) is 2.59. The highest BCUT2D eigenvalue weighted by Crippen LogP contribution is 2.28. The van der Waals surface area contributed by atoms with E-state index in [0.717, 1.165) is 23.4 Å². The zero-order valence-electron chi connectivity index (χ0n) is 14.0. The van der Waals surface area contributed by atoms with Crippen LogP contribution in [-0.4, -0.2) is 23.7 Å². The van der Waals surface area contributed by atoms with Gasteiger partial charge in [-0.1, -0.05) is 27.7 Å².